The first-order chi connectivity index (χ1) is 10.4. The number of aromatic amines is 1. The third-order valence-corrected chi connectivity index (χ3v) is 2.93. The van der Waals surface area contributed by atoms with Gasteiger partial charge in [0.25, 0.3) is 5.91 Å². The van der Waals surface area contributed by atoms with E-state index in [9.17, 15) is 18.0 Å². The number of rotatable bonds is 2. The minimum Gasteiger partial charge on any atom is -0.334 e. The summed E-state index contributed by atoms with van der Waals surface area (Å²) in [5.41, 5.74) is 1.07. The van der Waals surface area contributed by atoms with E-state index in [0.29, 0.717) is 11.3 Å². The highest BCUT2D eigenvalue weighted by molar-refractivity contribution is 6.04. The Morgan fingerprint density at radius 2 is 2.05 bits per heavy atom. The molecule has 5 nitrogen and oxygen atoms in total. The number of H-pyrrole nitrogens is 1. The molecular formula is C14H9F3N4O. The van der Waals surface area contributed by atoms with E-state index < -0.39 is 17.9 Å². The molecule has 3 aromatic rings. The summed E-state index contributed by atoms with van der Waals surface area (Å²) in [6.07, 6.45) is -1.62. The van der Waals surface area contributed by atoms with Crippen molar-refractivity contribution >= 4 is 22.6 Å². The minimum absolute atomic E-state index is 0.173. The second kappa shape index (κ2) is 5.14. The highest BCUT2D eigenvalue weighted by Gasteiger charge is 2.34. The van der Waals surface area contributed by atoms with Crippen molar-refractivity contribution in [3.8, 4) is 0 Å². The zero-order valence-corrected chi connectivity index (χ0v) is 11.0. The molecule has 2 N–H and O–H groups in total. The van der Waals surface area contributed by atoms with Crippen LogP contribution in [0, 0.1) is 0 Å². The van der Waals surface area contributed by atoms with Crippen molar-refractivity contribution < 1.29 is 18.0 Å². The fraction of sp³-hybridized carbons (Fsp3) is 0.0714. The van der Waals surface area contributed by atoms with Crippen LogP contribution in [-0.4, -0.2) is 20.9 Å². The number of hydrogen-bond acceptors (Lipinski definition) is 3. The van der Waals surface area contributed by atoms with Crippen molar-refractivity contribution in [2.45, 2.75) is 6.18 Å². The summed E-state index contributed by atoms with van der Waals surface area (Å²) < 4.78 is 37.8. The van der Waals surface area contributed by atoms with Crippen molar-refractivity contribution in [3.63, 3.8) is 0 Å². The maximum Gasteiger partial charge on any atom is 0.449 e. The molecule has 0 saturated carbocycles. The van der Waals surface area contributed by atoms with Crippen LogP contribution in [0.15, 0.2) is 42.7 Å². The molecule has 0 aliphatic carbocycles. The average Bonchev–Trinajstić information content (AvgIpc) is 2.91. The number of carbonyl (C=O) groups excluding carboxylic acids is 1. The standard InChI is InChI=1S/C14H9F3N4O/c15-14(16,17)13-20-10-4-3-9(6-11(10)21-13)19-12(22)8-2-1-5-18-7-8/h1-7H,(H,19,22)(H,20,21). The van der Waals surface area contributed by atoms with Crippen molar-refractivity contribution in [3.05, 3.63) is 54.1 Å². The van der Waals surface area contributed by atoms with E-state index in [1.807, 2.05) is 0 Å². The highest BCUT2D eigenvalue weighted by atomic mass is 19.4. The smallest absolute Gasteiger partial charge is 0.334 e. The third kappa shape index (κ3) is 2.76. The molecule has 1 aromatic carbocycles. The first-order valence-electron chi connectivity index (χ1n) is 6.22. The van der Waals surface area contributed by atoms with E-state index in [0.717, 1.165) is 0 Å². The SMILES string of the molecule is O=C(Nc1ccc2nc(C(F)(F)F)[nH]c2c1)c1cccnc1. The van der Waals surface area contributed by atoms with Gasteiger partial charge in [0.15, 0.2) is 0 Å². The van der Waals surface area contributed by atoms with Gasteiger partial charge in [0.2, 0.25) is 5.82 Å². The molecule has 0 bridgehead atoms. The van der Waals surface area contributed by atoms with Gasteiger partial charge in [-0.15, -0.1) is 0 Å². The molecule has 0 unspecified atom stereocenters. The van der Waals surface area contributed by atoms with Crippen molar-refractivity contribution in [2.75, 3.05) is 5.32 Å². The fourth-order valence-electron chi connectivity index (χ4n) is 1.92. The quantitative estimate of drug-likeness (QED) is 0.763. The summed E-state index contributed by atoms with van der Waals surface area (Å²) in [7, 11) is 0. The zero-order chi connectivity index (χ0) is 15.7. The lowest BCUT2D eigenvalue weighted by atomic mass is 10.2. The Balaban J connectivity index is 1.88. The number of fused-ring (bicyclic) bond motifs is 1. The Morgan fingerprint density at radius 3 is 2.73 bits per heavy atom. The molecule has 112 valence electrons. The summed E-state index contributed by atoms with van der Waals surface area (Å²) in [6, 6.07) is 7.48. The minimum atomic E-state index is -4.54. The molecule has 0 aliphatic heterocycles. The lowest BCUT2D eigenvalue weighted by Gasteiger charge is -2.04. The topological polar surface area (TPSA) is 70.7 Å². The first-order valence-corrected chi connectivity index (χ1v) is 6.22. The number of pyridine rings is 1. The van der Waals surface area contributed by atoms with Crippen LogP contribution in [0.5, 0.6) is 0 Å². The van der Waals surface area contributed by atoms with Crippen LogP contribution in [0.25, 0.3) is 11.0 Å². The number of nitrogens with zero attached hydrogens (tertiary/aromatic N) is 2. The van der Waals surface area contributed by atoms with Crippen molar-refractivity contribution in [2.24, 2.45) is 0 Å². The van der Waals surface area contributed by atoms with E-state index in [-0.39, 0.29) is 11.0 Å². The van der Waals surface area contributed by atoms with Gasteiger partial charge < -0.3 is 10.3 Å². The van der Waals surface area contributed by atoms with Gasteiger partial charge in [-0.3, -0.25) is 9.78 Å². The van der Waals surface area contributed by atoms with E-state index in [4.69, 9.17) is 0 Å². The number of alkyl halides is 3. The van der Waals surface area contributed by atoms with Gasteiger partial charge in [0.1, 0.15) is 0 Å². The van der Waals surface area contributed by atoms with Crippen LogP contribution in [0.3, 0.4) is 0 Å². The van der Waals surface area contributed by atoms with Gasteiger partial charge in [0.05, 0.1) is 16.6 Å². The predicted octanol–water partition coefficient (Wildman–Crippen LogP) is 3.23. The second-order valence-electron chi connectivity index (χ2n) is 4.51. The fourth-order valence-corrected chi connectivity index (χ4v) is 1.92. The molecule has 8 heteroatoms. The van der Waals surface area contributed by atoms with Gasteiger partial charge >= 0.3 is 6.18 Å². The Kier molecular flexibility index (Phi) is 3.28. The molecule has 2 aromatic heterocycles. The number of hydrogen-bond donors (Lipinski definition) is 2. The number of benzene rings is 1. The molecule has 0 saturated heterocycles. The molecule has 0 spiro atoms. The molecule has 0 fully saturated rings. The first kappa shape index (κ1) is 14.1. The van der Waals surface area contributed by atoms with Gasteiger partial charge in [-0.2, -0.15) is 13.2 Å². The molecular weight excluding hydrogens is 297 g/mol. The average molecular weight is 306 g/mol. The van der Waals surface area contributed by atoms with Crippen LogP contribution in [0.2, 0.25) is 0 Å². The van der Waals surface area contributed by atoms with Crippen molar-refractivity contribution in [1.82, 2.24) is 15.0 Å². The van der Waals surface area contributed by atoms with E-state index in [2.05, 4.69) is 20.3 Å². The number of anilines is 1. The molecule has 0 aliphatic rings. The third-order valence-electron chi connectivity index (χ3n) is 2.93. The van der Waals surface area contributed by atoms with E-state index in [1.54, 1.807) is 12.1 Å². The Morgan fingerprint density at radius 1 is 1.23 bits per heavy atom. The molecule has 2 heterocycles. The summed E-state index contributed by atoms with van der Waals surface area (Å²) in [5.74, 6) is -1.47. The monoisotopic (exact) mass is 306 g/mol. The maximum absolute atomic E-state index is 12.6. The largest absolute Gasteiger partial charge is 0.449 e. The van der Waals surface area contributed by atoms with Gasteiger partial charge in [-0.05, 0) is 30.3 Å². The molecule has 0 radical (unpaired) electrons. The molecule has 0 atom stereocenters. The normalized spacial score (nSPS) is 11.6. The maximum atomic E-state index is 12.6. The van der Waals surface area contributed by atoms with Crippen LogP contribution < -0.4 is 5.32 Å². The highest BCUT2D eigenvalue weighted by Crippen LogP contribution is 2.29. The van der Waals surface area contributed by atoms with Gasteiger partial charge in [-0.25, -0.2) is 4.98 Å². The van der Waals surface area contributed by atoms with E-state index >= 15 is 0 Å². The summed E-state index contributed by atoms with van der Waals surface area (Å²) in [6.45, 7) is 0. The lowest BCUT2D eigenvalue weighted by molar-refractivity contribution is -0.144. The second-order valence-corrected chi connectivity index (χ2v) is 4.51. The summed E-state index contributed by atoms with van der Waals surface area (Å²) in [5, 5.41) is 2.59. The van der Waals surface area contributed by atoms with Crippen LogP contribution >= 0.6 is 0 Å². The number of amides is 1. The van der Waals surface area contributed by atoms with Crippen molar-refractivity contribution in [1.29, 1.82) is 0 Å². The Labute approximate surface area is 122 Å². The number of halogens is 3. The molecule has 3 rings (SSSR count). The van der Waals surface area contributed by atoms with E-state index in [1.165, 1.54) is 30.6 Å². The van der Waals surface area contributed by atoms with Gasteiger partial charge in [0, 0.05) is 18.1 Å². The number of aromatic nitrogens is 3. The predicted molar refractivity (Wildman–Crippen MR) is 73.3 cm³/mol. The number of imidazole rings is 1. The summed E-state index contributed by atoms with van der Waals surface area (Å²) >= 11 is 0. The summed E-state index contributed by atoms with van der Waals surface area (Å²) in [4.78, 5) is 21.4. The number of carbonyl (C=O) groups is 1. The van der Waals surface area contributed by atoms with Crippen LogP contribution in [-0.2, 0) is 6.18 Å². The Hall–Kier alpha value is -2.90. The van der Waals surface area contributed by atoms with Crippen LogP contribution in [0.1, 0.15) is 16.2 Å². The lowest BCUT2D eigenvalue weighted by Crippen LogP contribution is -2.11. The Bertz CT molecular complexity index is 827. The molecule has 1 amide bonds. The number of nitrogens with one attached hydrogen (secondary N) is 2. The molecule has 22 heavy (non-hydrogen) atoms. The zero-order valence-electron chi connectivity index (χ0n) is 11.0. The van der Waals surface area contributed by atoms with Crippen LogP contribution in [0.4, 0.5) is 18.9 Å². The van der Waals surface area contributed by atoms with Gasteiger partial charge in [-0.1, -0.05) is 0 Å².